The van der Waals surface area contributed by atoms with Crippen molar-refractivity contribution in [3.8, 4) is 11.4 Å². The molecule has 188 valence electrons. The van der Waals surface area contributed by atoms with Crippen LogP contribution in [-0.4, -0.2) is 69.8 Å². The second-order valence-corrected chi connectivity index (χ2v) is 11.2. The number of pyridine rings is 1. The first-order chi connectivity index (χ1) is 17.0. The molecule has 3 N–H and O–H groups in total. The maximum Gasteiger partial charge on any atom is 0.180 e. The Balaban J connectivity index is 1.30. The van der Waals surface area contributed by atoms with Gasteiger partial charge in [0.2, 0.25) is 0 Å². The highest BCUT2D eigenvalue weighted by molar-refractivity contribution is 9.10. The summed E-state index contributed by atoms with van der Waals surface area (Å²) in [5.74, 6) is 1.50. The molecule has 0 aliphatic carbocycles. The van der Waals surface area contributed by atoms with Crippen LogP contribution in [0.15, 0.2) is 34.9 Å². The fraction of sp³-hybridized carbons (Fsp3) is 0.556. The molecule has 0 spiro atoms. The van der Waals surface area contributed by atoms with Crippen LogP contribution in [0.1, 0.15) is 46.0 Å². The molecule has 1 aromatic carbocycles. The lowest BCUT2D eigenvalue weighted by atomic mass is 9.93. The number of piperidine rings is 2. The van der Waals surface area contributed by atoms with E-state index in [0.29, 0.717) is 24.6 Å². The summed E-state index contributed by atoms with van der Waals surface area (Å²) in [4.78, 5) is 17.9. The minimum absolute atomic E-state index is 0.303. The molecule has 0 atom stereocenters. The molecule has 7 nitrogen and oxygen atoms in total. The zero-order chi connectivity index (χ0) is 24.4. The lowest BCUT2D eigenvalue weighted by molar-refractivity contribution is 0.177. The van der Waals surface area contributed by atoms with Gasteiger partial charge in [-0.05, 0) is 92.1 Å². The van der Waals surface area contributed by atoms with Gasteiger partial charge in [-0.25, -0.2) is 9.97 Å². The summed E-state index contributed by atoms with van der Waals surface area (Å²) >= 11 is 3.71. The normalized spacial score (nSPS) is 18.6. The quantitative estimate of drug-likeness (QED) is 0.378. The Bertz CT molecular complexity index is 1110. The highest BCUT2D eigenvalue weighted by Gasteiger charge is 2.23. The first-order valence-corrected chi connectivity index (χ1v) is 13.8. The van der Waals surface area contributed by atoms with E-state index in [1.807, 2.05) is 6.20 Å². The van der Waals surface area contributed by atoms with Crippen LogP contribution in [0.3, 0.4) is 0 Å². The first-order valence-electron chi connectivity index (χ1n) is 13.0. The maximum absolute atomic E-state index is 9.20. The number of benzene rings is 1. The van der Waals surface area contributed by atoms with Gasteiger partial charge in [-0.15, -0.1) is 0 Å². The number of rotatable bonds is 7. The Hall–Kier alpha value is -2.16. The predicted octanol–water partition coefficient (Wildman–Crippen LogP) is 5.27. The standard InChI is InChI=1S/C27H37BrN6O/c1-18(2)33-14-9-21(10-15-33)30-24-23(28)17-29-27-25(24)31-26(32-27)20-3-5-22(6-4-20)34-12-7-19(8-13-34)11-16-35/h3-6,17-19,21,35H,7-16H2,1-2H3,(H2,29,30,31,32). The van der Waals surface area contributed by atoms with E-state index < -0.39 is 0 Å². The molecular formula is C27H37BrN6O. The summed E-state index contributed by atoms with van der Waals surface area (Å²) in [6.45, 7) is 9.21. The average molecular weight is 542 g/mol. The molecule has 2 saturated heterocycles. The number of nitrogens with zero attached hydrogens (tertiary/aromatic N) is 4. The minimum Gasteiger partial charge on any atom is -0.396 e. The van der Waals surface area contributed by atoms with Gasteiger partial charge < -0.3 is 25.2 Å². The molecule has 2 fully saturated rings. The first kappa shape index (κ1) is 24.5. The number of nitrogens with one attached hydrogen (secondary N) is 2. The van der Waals surface area contributed by atoms with E-state index >= 15 is 0 Å². The monoisotopic (exact) mass is 540 g/mol. The van der Waals surface area contributed by atoms with E-state index in [4.69, 9.17) is 4.98 Å². The van der Waals surface area contributed by atoms with Gasteiger partial charge in [0.15, 0.2) is 5.65 Å². The number of H-pyrrole nitrogens is 1. The number of aliphatic hydroxyl groups excluding tert-OH is 1. The fourth-order valence-electron chi connectivity index (χ4n) is 5.47. The Labute approximate surface area is 216 Å². The van der Waals surface area contributed by atoms with E-state index in [-0.39, 0.29) is 0 Å². The summed E-state index contributed by atoms with van der Waals surface area (Å²) in [6, 6.07) is 9.74. The topological polar surface area (TPSA) is 80.3 Å². The molecule has 2 aromatic heterocycles. The Kier molecular flexibility index (Phi) is 7.60. The third-order valence-corrected chi connectivity index (χ3v) is 8.34. The molecule has 8 heteroatoms. The zero-order valence-corrected chi connectivity index (χ0v) is 22.4. The number of anilines is 2. The summed E-state index contributed by atoms with van der Waals surface area (Å²) in [5, 5.41) is 13.0. The van der Waals surface area contributed by atoms with Crippen molar-refractivity contribution in [2.45, 2.75) is 58.0 Å². The van der Waals surface area contributed by atoms with Gasteiger partial charge in [-0.2, -0.15) is 0 Å². The lowest BCUT2D eigenvalue weighted by Crippen LogP contribution is -2.42. The molecular weight excluding hydrogens is 504 g/mol. The van der Waals surface area contributed by atoms with Gasteiger partial charge in [0.1, 0.15) is 11.3 Å². The fourth-order valence-corrected chi connectivity index (χ4v) is 5.88. The van der Waals surface area contributed by atoms with Gasteiger partial charge in [0.05, 0.1) is 10.2 Å². The zero-order valence-electron chi connectivity index (χ0n) is 20.8. The molecule has 0 unspecified atom stereocenters. The Morgan fingerprint density at radius 3 is 2.46 bits per heavy atom. The summed E-state index contributed by atoms with van der Waals surface area (Å²) in [7, 11) is 0. The van der Waals surface area contributed by atoms with Gasteiger partial charge in [-0.3, -0.25) is 0 Å². The van der Waals surface area contributed by atoms with Crippen molar-refractivity contribution in [2.75, 3.05) is 43.0 Å². The summed E-state index contributed by atoms with van der Waals surface area (Å²) in [6.07, 6.45) is 7.35. The highest BCUT2D eigenvalue weighted by atomic mass is 79.9. The van der Waals surface area contributed by atoms with Crippen molar-refractivity contribution in [3.05, 3.63) is 34.9 Å². The number of hydrogen-bond donors (Lipinski definition) is 3. The van der Waals surface area contributed by atoms with Crippen molar-refractivity contribution in [2.24, 2.45) is 5.92 Å². The third-order valence-electron chi connectivity index (χ3n) is 7.74. The predicted molar refractivity (Wildman–Crippen MR) is 147 cm³/mol. The van der Waals surface area contributed by atoms with Crippen LogP contribution in [0.5, 0.6) is 0 Å². The number of fused-ring (bicyclic) bond motifs is 1. The second kappa shape index (κ2) is 10.8. The Morgan fingerprint density at radius 2 is 1.80 bits per heavy atom. The van der Waals surface area contributed by atoms with E-state index in [1.54, 1.807) is 0 Å². The molecule has 0 saturated carbocycles. The molecule has 3 aromatic rings. The summed E-state index contributed by atoms with van der Waals surface area (Å²) in [5.41, 5.74) is 5.06. The SMILES string of the molecule is CC(C)N1CCC(Nc2c(Br)cnc3nc(-c4ccc(N5CCC(CCO)CC5)cc4)[nH]c23)CC1. The third kappa shape index (κ3) is 5.49. The minimum atomic E-state index is 0.303. The van der Waals surface area contributed by atoms with Crippen molar-refractivity contribution >= 4 is 38.5 Å². The molecule has 5 rings (SSSR count). The number of imidazole rings is 1. The van der Waals surface area contributed by atoms with Gasteiger partial charge in [0, 0.05) is 62.3 Å². The second-order valence-electron chi connectivity index (χ2n) is 10.3. The molecule has 4 heterocycles. The van der Waals surface area contributed by atoms with E-state index in [9.17, 15) is 5.11 Å². The van der Waals surface area contributed by atoms with Crippen molar-refractivity contribution < 1.29 is 5.11 Å². The smallest absolute Gasteiger partial charge is 0.180 e. The van der Waals surface area contributed by atoms with Crippen LogP contribution < -0.4 is 10.2 Å². The van der Waals surface area contributed by atoms with Crippen LogP contribution in [0.25, 0.3) is 22.6 Å². The van der Waals surface area contributed by atoms with E-state index in [2.05, 4.69) is 79.1 Å². The van der Waals surface area contributed by atoms with Gasteiger partial charge in [-0.1, -0.05) is 0 Å². The molecule has 0 bridgehead atoms. The van der Waals surface area contributed by atoms with Crippen LogP contribution in [0.2, 0.25) is 0 Å². The van der Waals surface area contributed by atoms with Crippen LogP contribution >= 0.6 is 15.9 Å². The number of hydrogen-bond acceptors (Lipinski definition) is 6. The number of halogens is 1. The number of likely N-dealkylation sites (tertiary alicyclic amines) is 1. The molecule has 0 radical (unpaired) electrons. The molecule has 0 amide bonds. The van der Waals surface area contributed by atoms with Crippen molar-refractivity contribution in [1.29, 1.82) is 0 Å². The van der Waals surface area contributed by atoms with Crippen LogP contribution in [0, 0.1) is 5.92 Å². The van der Waals surface area contributed by atoms with Gasteiger partial charge in [0.25, 0.3) is 0 Å². The van der Waals surface area contributed by atoms with Crippen LogP contribution in [0.4, 0.5) is 11.4 Å². The number of aliphatic hydroxyl groups is 1. The number of aromatic nitrogens is 3. The average Bonchev–Trinajstić information content (AvgIpc) is 3.32. The lowest BCUT2D eigenvalue weighted by Gasteiger charge is -2.35. The molecule has 2 aliphatic rings. The largest absolute Gasteiger partial charge is 0.396 e. The Morgan fingerprint density at radius 1 is 1.09 bits per heavy atom. The van der Waals surface area contributed by atoms with Crippen molar-refractivity contribution in [1.82, 2.24) is 19.9 Å². The van der Waals surface area contributed by atoms with E-state index in [0.717, 1.165) is 91.0 Å². The van der Waals surface area contributed by atoms with Gasteiger partial charge >= 0.3 is 0 Å². The number of aromatic amines is 1. The van der Waals surface area contributed by atoms with E-state index in [1.165, 1.54) is 5.69 Å². The maximum atomic E-state index is 9.20. The highest BCUT2D eigenvalue weighted by Crippen LogP contribution is 2.33. The summed E-state index contributed by atoms with van der Waals surface area (Å²) < 4.78 is 0.964. The van der Waals surface area contributed by atoms with Crippen molar-refractivity contribution in [3.63, 3.8) is 0 Å². The van der Waals surface area contributed by atoms with Crippen LogP contribution in [-0.2, 0) is 0 Å². The molecule has 2 aliphatic heterocycles. The molecule has 35 heavy (non-hydrogen) atoms.